The van der Waals surface area contributed by atoms with Crippen molar-refractivity contribution in [3.8, 4) is 0 Å². The fourth-order valence-corrected chi connectivity index (χ4v) is 1.98. The largest absolute Gasteiger partial charge is 0.450 e. The number of amides is 1. The number of carbonyl (C=O) groups excluding carboxylic acids is 1. The Labute approximate surface area is 117 Å². The second-order valence-corrected chi connectivity index (χ2v) is 4.82. The molecule has 0 aliphatic rings. The van der Waals surface area contributed by atoms with E-state index < -0.39 is 18.4 Å². The molecular formula is C13H19NO4S. The van der Waals surface area contributed by atoms with Crippen LogP contribution < -0.4 is 5.32 Å². The smallest absolute Gasteiger partial charge is 0.407 e. The highest BCUT2D eigenvalue weighted by atomic mass is 32.2. The van der Waals surface area contributed by atoms with Crippen LogP contribution in [0.25, 0.3) is 0 Å². The van der Waals surface area contributed by atoms with Gasteiger partial charge in [0.2, 0.25) is 0 Å². The number of alkyl carbamates (subject to hydrolysis) is 1. The normalized spacial score (nSPS) is 12.3. The summed E-state index contributed by atoms with van der Waals surface area (Å²) in [5.41, 5.74) is 0.910. The Hall–Kier alpha value is -1.24. The number of hydrogen-bond acceptors (Lipinski definition) is 5. The number of aliphatic hydroxyl groups excluding tert-OH is 1. The first-order valence-corrected chi connectivity index (χ1v) is 7.21. The molecule has 1 rings (SSSR count). The van der Waals surface area contributed by atoms with E-state index in [-0.39, 0.29) is 6.61 Å². The molecule has 3 N–H and O–H groups in total. The Kier molecular flexibility index (Phi) is 6.69. The van der Waals surface area contributed by atoms with Gasteiger partial charge in [-0.05, 0) is 37.3 Å². The van der Waals surface area contributed by atoms with E-state index in [0.29, 0.717) is 6.42 Å². The molecule has 0 aliphatic heterocycles. The van der Waals surface area contributed by atoms with Crippen LogP contribution in [0.1, 0.15) is 12.5 Å². The second kappa shape index (κ2) is 8.04. The van der Waals surface area contributed by atoms with Crippen LogP contribution in [0.3, 0.4) is 0 Å². The van der Waals surface area contributed by atoms with Crippen LogP contribution >= 0.6 is 11.8 Å². The number of hydrogen-bond donors (Lipinski definition) is 3. The number of carbonyl (C=O) groups is 1. The van der Waals surface area contributed by atoms with Gasteiger partial charge in [-0.15, -0.1) is 11.8 Å². The van der Waals surface area contributed by atoms with Gasteiger partial charge in [-0.3, -0.25) is 0 Å². The summed E-state index contributed by atoms with van der Waals surface area (Å²) < 4.78 is 4.72. The van der Waals surface area contributed by atoms with E-state index in [0.717, 1.165) is 10.5 Å². The van der Waals surface area contributed by atoms with Crippen molar-refractivity contribution in [2.45, 2.75) is 30.6 Å². The summed E-state index contributed by atoms with van der Waals surface area (Å²) in [6.45, 7) is 1.92. The summed E-state index contributed by atoms with van der Waals surface area (Å²) >= 11 is 1.63. The zero-order valence-electron chi connectivity index (χ0n) is 11.0. The minimum Gasteiger partial charge on any atom is -0.450 e. The van der Waals surface area contributed by atoms with Crippen LogP contribution in [0.5, 0.6) is 0 Å². The van der Waals surface area contributed by atoms with E-state index in [1.54, 1.807) is 18.7 Å². The first kappa shape index (κ1) is 15.8. The molecule has 1 amide bonds. The van der Waals surface area contributed by atoms with E-state index in [1.165, 1.54) is 0 Å². The third-order valence-electron chi connectivity index (χ3n) is 2.55. The average molecular weight is 285 g/mol. The van der Waals surface area contributed by atoms with Crippen LogP contribution in [0.2, 0.25) is 0 Å². The maximum atomic E-state index is 11.3. The predicted molar refractivity (Wildman–Crippen MR) is 74.1 cm³/mol. The fourth-order valence-electron chi connectivity index (χ4n) is 1.57. The molecule has 0 spiro atoms. The standard InChI is InChI=1S/C13H19NO4S/c1-3-18-13(17)14-11(12(15)16)8-9-4-6-10(19-2)7-5-9/h4-7,11-12,15-16H,3,8H2,1-2H3,(H,14,17). The summed E-state index contributed by atoms with van der Waals surface area (Å²) in [4.78, 5) is 12.4. The lowest BCUT2D eigenvalue weighted by Gasteiger charge is -2.20. The van der Waals surface area contributed by atoms with Crippen molar-refractivity contribution in [3.05, 3.63) is 29.8 Å². The number of aliphatic hydroxyl groups is 2. The maximum Gasteiger partial charge on any atom is 0.407 e. The lowest BCUT2D eigenvalue weighted by atomic mass is 10.1. The van der Waals surface area contributed by atoms with Crippen molar-refractivity contribution in [1.29, 1.82) is 0 Å². The van der Waals surface area contributed by atoms with Crippen LogP contribution in [0.4, 0.5) is 4.79 Å². The highest BCUT2D eigenvalue weighted by Gasteiger charge is 2.20. The van der Waals surface area contributed by atoms with Gasteiger partial charge in [0.25, 0.3) is 0 Å². The van der Waals surface area contributed by atoms with Gasteiger partial charge in [0.1, 0.15) is 0 Å². The number of rotatable bonds is 6. The lowest BCUT2D eigenvalue weighted by Crippen LogP contribution is -2.45. The van der Waals surface area contributed by atoms with Crippen molar-refractivity contribution in [2.75, 3.05) is 12.9 Å². The quantitative estimate of drug-likeness (QED) is 0.543. The van der Waals surface area contributed by atoms with Crippen molar-refractivity contribution >= 4 is 17.9 Å². The lowest BCUT2D eigenvalue weighted by molar-refractivity contribution is -0.0658. The van der Waals surface area contributed by atoms with Crippen molar-refractivity contribution < 1.29 is 19.7 Å². The molecule has 0 fully saturated rings. The van der Waals surface area contributed by atoms with Crippen LogP contribution in [0, 0.1) is 0 Å². The predicted octanol–water partition coefficient (Wildman–Crippen LogP) is 1.38. The molecule has 5 nitrogen and oxygen atoms in total. The summed E-state index contributed by atoms with van der Waals surface area (Å²) in [6.07, 6.45) is 0.0221. The molecule has 0 aliphatic carbocycles. The first-order valence-electron chi connectivity index (χ1n) is 5.99. The third-order valence-corrected chi connectivity index (χ3v) is 3.30. The van der Waals surface area contributed by atoms with E-state index in [1.807, 2.05) is 30.5 Å². The number of nitrogens with one attached hydrogen (secondary N) is 1. The van der Waals surface area contributed by atoms with Crippen LogP contribution in [-0.2, 0) is 11.2 Å². The molecule has 0 saturated carbocycles. The summed E-state index contributed by atoms with van der Waals surface area (Å²) in [6, 6.07) is 6.90. The molecule has 0 heterocycles. The topological polar surface area (TPSA) is 78.8 Å². The molecule has 1 unspecified atom stereocenters. The van der Waals surface area contributed by atoms with Crippen molar-refractivity contribution in [3.63, 3.8) is 0 Å². The molecule has 0 radical (unpaired) electrons. The van der Waals surface area contributed by atoms with E-state index >= 15 is 0 Å². The van der Waals surface area contributed by atoms with Gasteiger partial charge >= 0.3 is 6.09 Å². The van der Waals surface area contributed by atoms with E-state index in [9.17, 15) is 15.0 Å². The highest BCUT2D eigenvalue weighted by Crippen LogP contribution is 2.16. The third kappa shape index (κ3) is 5.50. The zero-order chi connectivity index (χ0) is 14.3. The number of ether oxygens (including phenoxy) is 1. The molecule has 1 aromatic rings. The molecule has 0 saturated heterocycles. The molecule has 0 bridgehead atoms. The summed E-state index contributed by atoms with van der Waals surface area (Å²) in [5, 5.41) is 21.0. The number of benzene rings is 1. The maximum absolute atomic E-state index is 11.3. The molecule has 19 heavy (non-hydrogen) atoms. The molecular weight excluding hydrogens is 266 g/mol. The first-order chi connectivity index (χ1) is 9.06. The van der Waals surface area contributed by atoms with E-state index in [4.69, 9.17) is 4.74 Å². The second-order valence-electron chi connectivity index (χ2n) is 3.94. The van der Waals surface area contributed by atoms with Gasteiger partial charge in [0.15, 0.2) is 6.29 Å². The molecule has 0 aromatic heterocycles. The van der Waals surface area contributed by atoms with Gasteiger partial charge in [-0.2, -0.15) is 0 Å². The summed E-state index contributed by atoms with van der Waals surface area (Å²) in [7, 11) is 0. The van der Waals surface area contributed by atoms with Gasteiger partial charge in [-0.25, -0.2) is 4.79 Å². The SMILES string of the molecule is CCOC(=O)NC(Cc1ccc(SC)cc1)C(O)O. The Morgan fingerprint density at radius 3 is 2.47 bits per heavy atom. The zero-order valence-corrected chi connectivity index (χ0v) is 11.8. The van der Waals surface area contributed by atoms with Crippen LogP contribution in [0.15, 0.2) is 29.2 Å². The average Bonchev–Trinajstić information content (AvgIpc) is 2.39. The van der Waals surface area contributed by atoms with E-state index in [2.05, 4.69) is 5.32 Å². The van der Waals surface area contributed by atoms with Gasteiger partial charge in [0.05, 0.1) is 12.6 Å². The van der Waals surface area contributed by atoms with Gasteiger partial charge in [-0.1, -0.05) is 12.1 Å². The van der Waals surface area contributed by atoms with Gasteiger partial charge < -0.3 is 20.3 Å². The Morgan fingerprint density at radius 2 is 2.00 bits per heavy atom. The minimum absolute atomic E-state index is 0.239. The Bertz CT molecular complexity index is 394. The highest BCUT2D eigenvalue weighted by molar-refractivity contribution is 7.98. The van der Waals surface area contributed by atoms with Crippen molar-refractivity contribution in [1.82, 2.24) is 5.32 Å². The molecule has 1 aromatic carbocycles. The van der Waals surface area contributed by atoms with Crippen molar-refractivity contribution in [2.24, 2.45) is 0 Å². The Morgan fingerprint density at radius 1 is 1.37 bits per heavy atom. The number of thioether (sulfide) groups is 1. The monoisotopic (exact) mass is 285 g/mol. The molecule has 6 heteroatoms. The molecule has 1 atom stereocenters. The molecule has 106 valence electrons. The minimum atomic E-state index is -1.63. The summed E-state index contributed by atoms with van der Waals surface area (Å²) in [5.74, 6) is 0. The van der Waals surface area contributed by atoms with Crippen LogP contribution in [-0.4, -0.2) is 41.5 Å². The Balaban J connectivity index is 2.64. The van der Waals surface area contributed by atoms with Gasteiger partial charge in [0, 0.05) is 4.90 Å². The fraction of sp³-hybridized carbons (Fsp3) is 0.462.